The predicted octanol–water partition coefficient (Wildman–Crippen LogP) is 2.62. The minimum atomic E-state index is -0.0307. The van der Waals surface area contributed by atoms with Gasteiger partial charge in [0.05, 0.1) is 17.3 Å². The number of rotatable bonds is 5. The van der Waals surface area contributed by atoms with Crippen molar-refractivity contribution in [3.8, 4) is 0 Å². The van der Waals surface area contributed by atoms with Crippen molar-refractivity contribution >= 4 is 23.2 Å². The van der Waals surface area contributed by atoms with Crippen LogP contribution in [0.5, 0.6) is 0 Å². The number of likely N-dealkylation sites (N-methyl/N-ethyl adjacent to an activating group) is 1. The van der Waals surface area contributed by atoms with E-state index in [9.17, 15) is 4.79 Å². The van der Waals surface area contributed by atoms with Gasteiger partial charge >= 0.3 is 0 Å². The molecule has 0 aliphatic carbocycles. The molecule has 0 aliphatic rings. The van der Waals surface area contributed by atoms with Crippen molar-refractivity contribution in [2.75, 3.05) is 25.0 Å². The number of anilines is 1. The fourth-order valence-electron chi connectivity index (χ4n) is 1.40. The molecule has 0 saturated carbocycles. The van der Waals surface area contributed by atoms with Crippen LogP contribution in [-0.4, -0.2) is 30.4 Å². The van der Waals surface area contributed by atoms with E-state index in [1.54, 1.807) is 12.1 Å². The third-order valence-corrected chi connectivity index (χ3v) is 2.74. The van der Waals surface area contributed by atoms with E-state index < -0.39 is 0 Å². The lowest BCUT2D eigenvalue weighted by Crippen LogP contribution is -2.32. The van der Waals surface area contributed by atoms with E-state index in [2.05, 4.69) is 5.32 Å². The number of hydrogen-bond donors (Lipinski definition) is 1. The number of hydrogen-bond acceptors (Lipinski definition) is 2. The molecule has 0 fully saturated rings. The Hall–Kier alpha value is -1.06. The fourth-order valence-corrected chi connectivity index (χ4v) is 1.59. The van der Waals surface area contributed by atoms with Gasteiger partial charge in [0.2, 0.25) is 5.91 Å². The molecule has 88 valence electrons. The molecule has 0 saturated heterocycles. The van der Waals surface area contributed by atoms with Crippen LogP contribution in [0.1, 0.15) is 13.8 Å². The molecule has 4 heteroatoms. The Morgan fingerprint density at radius 2 is 1.94 bits per heavy atom. The van der Waals surface area contributed by atoms with Gasteiger partial charge < -0.3 is 5.32 Å². The van der Waals surface area contributed by atoms with Gasteiger partial charge in [-0.25, -0.2) is 0 Å². The molecule has 0 heterocycles. The Morgan fingerprint density at radius 3 is 2.50 bits per heavy atom. The van der Waals surface area contributed by atoms with Gasteiger partial charge in [-0.3, -0.25) is 9.69 Å². The summed E-state index contributed by atoms with van der Waals surface area (Å²) in [5, 5.41) is 3.36. The standard InChI is InChI=1S/C12H17ClN2O/c1-3-15(4-2)9-12(16)14-11-8-6-5-7-10(11)13/h5-8H,3-4,9H2,1-2H3,(H,14,16). The van der Waals surface area contributed by atoms with Crippen LogP contribution >= 0.6 is 11.6 Å². The van der Waals surface area contributed by atoms with E-state index in [4.69, 9.17) is 11.6 Å². The van der Waals surface area contributed by atoms with Crippen LogP contribution in [0.3, 0.4) is 0 Å². The van der Waals surface area contributed by atoms with Crippen LogP contribution in [0.4, 0.5) is 5.69 Å². The van der Waals surface area contributed by atoms with Gasteiger partial charge in [-0.05, 0) is 25.2 Å². The summed E-state index contributed by atoms with van der Waals surface area (Å²) < 4.78 is 0. The first kappa shape index (κ1) is 13.0. The van der Waals surface area contributed by atoms with Crippen molar-refractivity contribution in [2.45, 2.75) is 13.8 Å². The van der Waals surface area contributed by atoms with Gasteiger partial charge in [-0.15, -0.1) is 0 Å². The number of carbonyl (C=O) groups is 1. The molecule has 0 radical (unpaired) electrons. The Kier molecular flexibility index (Phi) is 5.29. The number of para-hydroxylation sites is 1. The van der Waals surface area contributed by atoms with E-state index in [1.807, 2.05) is 30.9 Å². The number of benzene rings is 1. The van der Waals surface area contributed by atoms with Crippen molar-refractivity contribution in [1.29, 1.82) is 0 Å². The molecule has 0 spiro atoms. The second-order valence-electron chi connectivity index (χ2n) is 3.49. The average molecular weight is 241 g/mol. The van der Waals surface area contributed by atoms with Crippen LogP contribution in [0.25, 0.3) is 0 Å². The summed E-state index contributed by atoms with van der Waals surface area (Å²) in [4.78, 5) is 13.7. The quantitative estimate of drug-likeness (QED) is 0.858. The molecular weight excluding hydrogens is 224 g/mol. The lowest BCUT2D eigenvalue weighted by atomic mass is 10.3. The number of amides is 1. The molecular formula is C12H17ClN2O. The first-order valence-corrected chi connectivity index (χ1v) is 5.81. The molecule has 16 heavy (non-hydrogen) atoms. The minimum Gasteiger partial charge on any atom is -0.324 e. The maximum Gasteiger partial charge on any atom is 0.238 e. The second-order valence-corrected chi connectivity index (χ2v) is 3.90. The van der Waals surface area contributed by atoms with Crippen molar-refractivity contribution in [2.24, 2.45) is 0 Å². The van der Waals surface area contributed by atoms with Gasteiger partial charge in [0.15, 0.2) is 0 Å². The van der Waals surface area contributed by atoms with Crippen LogP contribution in [-0.2, 0) is 4.79 Å². The van der Waals surface area contributed by atoms with Gasteiger partial charge in [0.25, 0.3) is 0 Å². The lowest BCUT2D eigenvalue weighted by molar-refractivity contribution is -0.117. The summed E-state index contributed by atoms with van der Waals surface area (Å²) in [7, 11) is 0. The minimum absolute atomic E-state index is 0.0307. The smallest absolute Gasteiger partial charge is 0.238 e. The first-order chi connectivity index (χ1) is 7.67. The highest BCUT2D eigenvalue weighted by Gasteiger charge is 2.08. The first-order valence-electron chi connectivity index (χ1n) is 5.44. The molecule has 0 atom stereocenters. The van der Waals surface area contributed by atoms with Crippen molar-refractivity contribution < 1.29 is 4.79 Å². The Bertz CT molecular complexity index is 351. The highest BCUT2D eigenvalue weighted by atomic mass is 35.5. The van der Waals surface area contributed by atoms with Gasteiger partial charge in [-0.2, -0.15) is 0 Å². The van der Waals surface area contributed by atoms with Crippen LogP contribution < -0.4 is 5.32 Å². The van der Waals surface area contributed by atoms with Gasteiger partial charge in [0.1, 0.15) is 0 Å². The largest absolute Gasteiger partial charge is 0.324 e. The molecule has 1 amide bonds. The summed E-state index contributed by atoms with van der Waals surface area (Å²) in [5.41, 5.74) is 0.668. The predicted molar refractivity (Wildman–Crippen MR) is 67.9 cm³/mol. The molecule has 1 N–H and O–H groups in total. The maximum atomic E-state index is 11.7. The maximum absolute atomic E-state index is 11.7. The Labute approximate surface area is 101 Å². The molecule has 0 aliphatic heterocycles. The summed E-state index contributed by atoms with van der Waals surface area (Å²) in [6.07, 6.45) is 0. The van der Waals surface area contributed by atoms with E-state index >= 15 is 0 Å². The van der Waals surface area contributed by atoms with E-state index in [0.29, 0.717) is 17.3 Å². The zero-order chi connectivity index (χ0) is 12.0. The molecule has 0 aromatic heterocycles. The zero-order valence-electron chi connectivity index (χ0n) is 9.66. The molecule has 3 nitrogen and oxygen atoms in total. The fraction of sp³-hybridized carbons (Fsp3) is 0.417. The van der Waals surface area contributed by atoms with Gasteiger partial charge in [-0.1, -0.05) is 37.6 Å². The molecule has 1 rings (SSSR count). The average Bonchev–Trinajstić information content (AvgIpc) is 2.29. The number of nitrogens with zero attached hydrogens (tertiary/aromatic N) is 1. The highest BCUT2D eigenvalue weighted by Crippen LogP contribution is 2.20. The van der Waals surface area contributed by atoms with Crippen molar-refractivity contribution in [1.82, 2.24) is 4.90 Å². The lowest BCUT2D eigenvalue weighted by Gasteiger charge is -2.17. The van der Waals surface area contributed by atoms with Crippen LogP contribution in [0, 0.1) is 0 Å². The monoisotopic (exact) mass is 240 g/mol. The highest BCUT2D eigenvalue weighted by molar-refractivity contribution is 6.33. The summed E-state index contributed by atoms with van der Waals surface area (Å²) in [5.74, 6) is -0.0307. The normalized spacial score (nSPS) is 10.5. The third-order valence-electron chi connectivity index (χ3n) is 2.41. The van der Waals surface area contributed by atoms with Crippen LogP contribution in [0.15, 0.2) is 24.3 Å². The van der Waals surface area contributed by atoms with Gasteiger partial charge in [0, 0.05) is 0 Å². The van der Waals surface area contributed by atoms with E-state index in [0.717, 1.165) is 13.1 Å². The number of nitrogens with one attached hydrogen (secondary N) is 1. The summed E-state index contributed by atoms with van der Waals surface area (Å²) in [6, 6.07) is 7.23. The summed E-state index contributed by atoms with van der Waals surface area (Å²) >= 11 is 5.94. The zero-order valence-corrected chi connectivity index (χ0v) is 10.4. The topological polar surface area (TPSA) is 32.3 Å². The number of halogens is 1. The Balaban J connectivity index is 2.55. The molecule has 0 unspecified atom stereocenters. The molecule has 1 aromatic rings. The van der Waals surface area contributed by atoms with E-state index in [1.165, 1.54) is 0 Å². The Morgan fingerprint density at radius 1 is 1.31 bits per heavy atom. The molecule has 1 aromatic carbocycles. The van der Waals surface area contributed by atoms with Crippen molar-refractivity contribution in [3.63, 3.8) is 0 Å². The van der Waals surface area contributed by atoms with Crippen LogP contribution in [0.2, 0.25) is 5.02 Å². The number of carbonyl (C=O) groups excluding carboxylic acids is 1. The molecule has 0 bridgehead atoms. The second kappa shape index (κ2) is 6.51. The third kappa shape index (κ3) is 3.83. The van der Waals surface area contributed by atoms with Crippen molar-refractivity contribution in [3.05, 3.63) is 29.3 Å². The SMILES string of the molecule is CCN(CC)CC(=O)Nc1ccccc1Cl. The summed E-state index contributed by atoms with van der Waals surface area (Å²) in [6.45, 7) is 6.20. The van der Waals surface area contributed by atoms with E-state index in [-0.39, 0.29) is 5.91 Å².